The topological polar surface area (TPSA) is 26.3 Å². The Morgan fingerprint density at radius 3 is 2.56 bits per heavy atom. The summed E-state index contributed by atoms with van der Waals surface area (Å²) in [7, 11) is 1.19. The van der Waals surface area contributed by atoms with Gasteiger partial charge in [0, 0.05) is 6.42 Å². The van der Waals surface area contributed by atoms with Gasteiger partial charge in [-0.3, -0.25) is 0 Å². The van der Waals surface area contributed by atoms with Crippen molar-refractivity contribution >= 4 is 6.29 Å². The summed E-state index contributed by atoms with van der Waals surface area (Å²) < 4.78 is 42.9. The molecule has 2 nitrogen and oxygen atoms in total. The molecule has 0 saturated heterocycles. The van der Waals surface area contributed by atoms with Crippen LogP contribution in [0.2, 0.25) is 0 Å². The summed E-state index contributed by atoms with van der Waals surface area (Å²) in [6.45, 7) is 0. The van der Waals surface area contributed by atoms with E-state index in [2.05, 4.69) is 4.74 Å². The van der Waals surface area contributed by atoms with Crippen LogP contribution in [0.25, 0.3) is 0 Å². The van der Waals surface area contributed by atoms with Gasteiger partial charge in [0.05, 0.1) is 7.11 Å². The maximum Gasteiger partial charge on any atom is 0.420 e. The van der Waals surface area contributed by atoms with E-state index >= 15 is 0 Å². The van der Waals surface area contributed by atoms with Crippen molar-refractivity contribution in [3.63, 3.8) is 0 Å². The SMILES string of the molecule is COc1cccc(CCC=O)c1C(F)(F)F. The van der Waals surface area contributed by atoms with E-state index in [0.29, 0.717) is 6.29 Å². The molecule has 1 aromatic rings. The Bertz CT molecular complexity index is 372. The molecule has 0 unspecified atom stereocenters. The van der Waals surface area contributed by atoms with Gasteiger partial charge in [0.25, 0.3) is 0 Å². The molecule has 0 N–H and O–H groups in total. The Morgan fingerprint density at radius 1 is 1.38 bits per heavy atom. The lowest BCUT2D eigenvalue weighted by molar-refractivity contribution is -0.139. The van der Waals surface area contributed by atoms with E-state index in [1.54, 1.807) is 0 Å². The molecule has 0 aliphatic rings. The molecule has 0 fully saturated rings. The molecule has 0 amide bonds. The van der Waals surface area contributed by atoms with Gasteiger partial charge < -0.3 is 9.53 Å². The number of aldehydes is 1. The van der Waals surface area contributed by atoms with Gasteiger partial charge in [-0.25, -0.2) is 0 Å². The molecule has 5 heteroatoms. The highest BCUT2D eigenvalue weighted by atomic mass is 19.4. The summed E-state index contributed by atoms with van der Waals surface area (Å²) in [5, 5.41) is 0. The third kappa shape index (κ3) is 2.74. The van der Waals surface area contributed by atoms with Crippen LogP contribution in [0.3, 0.4) is 0 Å². The number of carbonyl (C=O) groups is 1. The zero-order chi connectivity index (χ0) is 12.2. The third-order valence-corrected chi connectivity index (χ3v) is 2.15. The van der Waals surface area contributed by atoms with Gasteiger partial charge in [0.2, 0.25) is 0 Å². The van der Waals surface area contributed by atoms with E-state index in [1.165, 1.54) is 25.3 Å². The van der Waals surface area contributed by atoms with Gasteiger partial charge in [0.1, 0.15) is 17.6 Å². The number of benzene rings is 1. The van der Waals surface area contributed by atoms with Crippen molar-refractivity contribution in [2.24, 2.45) is 0 Å². The molecule has 0 bridgehead atoms. The standard InChI is InChI=1S/C11H11F3O2/c1-16-9-6-2-4-8(5-3-7-15)10(9)11(12,13)14/h2,4,6-7H,3,5H2,1H3. The second-order valence-corrected chi connectivity index (χ2v) is 3.20. The van der Waals surface area contributed by atoms with E-state index in [4.69, 9.17) is 0 Å². The second kappa shape index (κ2) is 5.01. The van der Waals surface area contributed by atoms with Crippen LogP contribution < -0.4 is 4.74 Å². The number of rotatable bonds is 4. The first-order valence-corrected chi connectivity index (χ1v) is 4.67. The minimum atomic E-state index is -4.47. The van der Waals surface area contributed by atoms with Crippen LogP contribution in [0.1, 0.15) is 17.5 Å². The molecule has 0 aliphatic heterocycles. The molecule has 0 saturated carbocycles. The predicted octanol–water partition coefficient (Wildman–Crippen LogP) is 2.85. The zero-order valence-corrected chi connectivity index (χ0v) is 8.67. The average molecular weight is 232 g/mol. The van der Waals surface area contributed by atoms with Crippen LogP contribution in [0.5, 0.6) is 5.75 Å². The van der Waals surface area contributed by atoms with Gasteiger partial charge in [-0.15, -0.1) is 0 Å². The first-order valence-electron chi connectivity index (χ1n) is 4.67. The van der Waals surface area contributed by atoms with Crippen LogP contribution in [-0.4, -0.2) is 13.4 Å². The zero-order valence-electron chi connectivity index (χ0n) is 8.67. The van der Waals surface area contributed by atoms with Crippen molar-refractivity contribution in [2.45, 2.75) is 19.0 Å². The summed E-state index contributed by atoms with van der Waals surface area (Å²) in [5.41, 5.74) is -0.710. The van der Waals surface area contributed by atoms with Gasteiger partial charge in [-0.2, -0.15) is 13.2 Å². The fourth-order valence-electron chi connectivity index (χ4n) is 1.49. The van der Waals surface area contributed by atoms with Gasteiger partial charge in [-0.05, 0) is 18.1 Å². The van der Waals surface area contributed by atoms with E-state index in [1.807, 2.05) is 0 Å². The maximum absolute atomic E-state index is 12.8. The van der Waals surface area contributed by atoms with Gasteiger partial charge in [-0.1, -0.05) is 12.1 Å². The largest absolute Gasteiger partial charge is 0.496 e. The first kappa shape index (κ1) is 12.5. The van der Waals surface area contributed by atoms with Gasteiger partial charge >= 0.3 is 6.18 Å². The molecule has 0 heterocycles. The molecule has 1 rings (SSSR count). The van der Waals surface area contributed by atoms with Crippen molar-refractivity contribution in [1.29, 1.82) is 0 Å². The highest BCUT2D eigenvalue weighted by Gasteiger charge is 2.36. The molecule has 0 aromatic heterocycles. The average Bonchev–Trinajstić information content (AvgIpc) is 2.24. The molecular formula is C11H11F3O2. The van der Waals surface area contributed by atoms with Crippen LogP contribution >= 0.6 is 0 Å². The minimum absolute atomic E-state index is 0.0650. The van der Waals surface area contributed by atoms with E-state index in [-0.39, 0.29) is 24.2 Å². The Kier molecular flexibility index (Phi) is 3.93. The van der Waals surface area contributed by atoms with Gasteiger partial charge in [0.15, 0.2) is 0 Å². The molecule has 0 aliphatic carbocycles. The Hall–Kier alpha value is -1.52. The normalized spacial score (nSPS) is 11.2. The molecular weight excluding hydrogens is 221 g/mol. The summed E-state index contributed by atoms with van der Waals surface area (Å²) in [5.74, 6) is -0.212. The number of hydrogen-bond donors (Lipinski definition) is 0. The van der Waals surface area contributed by atoms with E-state index in [0.717, 1.165) is 0 Å². The lowest BCUT2D eigenvalue weighted by Crippen LogP contribution is -2.11. The number of aryl methyl sites for hydroxylation is 1. The maximum atomic E-state index is 12.8. The Morgan fingerprint density at radius 2 is 2.06 bits per heavy atom. The quantitative estimate of drug-likeness (QED) is 0.746. The summed E-state index contributed by atoms with van der Waals surface area (Å²) in [6, 6.07) is 4.09. The number of hydrogen-bond acceptors (Lipinski definition) is 2. The molecule has 88 valence electrons. The van der Waals surface area contributed by atoms with Crippen molar-refractivity contribution in [3.8, 4) is 5.75 Å². The number of methoxy groups -OCH3 is 1. The number of alkyl halides is 3. The summed E-state index contributed by atoms with van der Waals surface area (Å²) >= 11 is 0. The van der Waals surface area contributed by atoms with Crippen LogP contribution in [0, 0.1) is 0 Å². The highest BCUT2D eigenvalue weighted by molar-refractivity contribution is 5.51. The summed E-state index contributed by atoms with van der Waals surface area (Å²) in [4.78, 5) is 10.2. The predicted molar refractivity (Wildman–Crippen MR) is 52.4 cm³/mol. The number of ether oxygens (including phenoxy) is 1. The van der Waals surface area contributed by atoms with E-state index in [9.17, 15) is 18.0 Å². The molecule has 0 atom stereocenters. The molecule has 0 radical (unpaired) electrons. The minimum Gasteiger partial charge on any atom is -0.496 e. The van der Waals surface area contributed by atoms with Crippen molar-refractivity contribution < 1.29 is 22.7 Å². The Balaban J connectivity index is 3.20. The number of halogens is 3. The van der Waals surface area contributed by atoms with Crippen LogP contribution in [0.4, 0.5) is 13.2 Å². The van der Waals surface area contributed by atoms with Crippen molar-refractivity contribution in [1.82, 2.24) is 0 Å². The van der Waals surface area contributed by atoms with E-state index < -0.39 is 11.7 Å². The first-order chi connectivity index (χ1) is 7.50. The third-order valence-electron chi connectivity index (χ3n) is 2.15. The monoisotopic (exact) mass is 232 g/mol. The second-order valence-electron chi connectivity index (χ2n) is 3.20. The fourth-order valence-corrected chi connectivity index (χ4v) is 1.49. The number of carbonyl (C=O) groups excluding carboxylic acids is 1. The molecule has 0 spiro atoms. The lowest BCUT2D eigenvalue weighted by atomic mass is 10.0. The van der Waals surface area contributed by atoms with Crippen molar-refractivity contribution in [3.05, 3.63) is 29.3 Å². The highest BCUT2D eigenvalue weighted by Crippen LogP contribution is 2.38. The van der Waals surface area contributed by atoms with Crippen LogP contribution in [-0.2, 0) is 17.4 Å². The Labute approximate surface area is 91.0 Å². The van der Waals surface area contributed by atoms with Crippen LogP contribution in [0.15, 0.2) is 18.2 Å². The lowest BCUT2D eigenvalue weighted by Gasteiger charge is -2.15. The molecule has 16 heavy (non-hydrogen) atoms. The van der Waals surface area contributed by atoms with Crippen molar-refractivity contribution in [2.75, 3.05) is 7.11 Å². The molecule has 1 aromatic carbocycles. The fraction of sp³-hybridized carbons (Fsp3) is 0.364. The smallest absolute Gasteiger partial charge is 0.420 e. The summed E-state index contributed by atoms with van der Waals surface area (Å²) in [6.07, 6.45) is -3.74.